The van der Waals surface area contributed by atoms with Gasteiger partial charge in [-0.1, -0.05) is 41.7 Å². The van der Waals surface area contributed by atoms with E-state index in [0.29, 0.717) is 18.8 Å². The monoisotopic (exact) mass is 418 g/mol. The predicted octanol–water partition coefficient (Wildman–Crippen LogP) is 2.60. The van der Waals surface area contributed by atoms with Gasteiger partial charge in [-0.3, -0.25) is 9.10 Å². The minimum Gasteiger partial charge on any atom is -0.360 e. The molecule has 0 unspecified atom stereocenters. The highest BCUT2D eigenvalue weighted by Gasteiger charge is 2.21. The zero-order valence-corrected chi connectivity index (χ0v) is 17.3. The molecular weight excluding hydrogens is 396 g/mol. The molecule has 9 heteroatoms. The lowest BCUT2D eigenvalue weighted by molar-refractivity contribution is -0.119. The zero-order valence-electron chi connectivity index (χ0n) is 15.7. The number of carbonyl (C=O) groups excluding carboxylic acids is 1. The third kappa shape index (κ3) is 4.99. The maximum Gasteiger partial charge on any atom is 0.240 e. The first-order valence-electron chi connectivity index (χ1n) is 8.74. The Morgan fingerprint density at radius 1 is 1.11 bits per heavy atom. The SMILES string of the molecule is Cc1ccccc1N(CC(=O)NCCNc1nc2ccccc2s1)S(C)(=O)=O. The highest BCUT2D eigenvalue weighted by atomic mass is 32.2. The molecule has 148 valence electrons. The summed E-state index contributed by atoms with van der Waals surface area (Å²) in [7, 11) is -3.58. The third-order valence-corrected chi connectivity index (χ3v) is 6.21. The smallest absolute Gasteiger partial charge is 0.240 e. The number of amides is 1. The average Bonchev–Trinajstić information content (AvgIpc) is 3.06. The Bertz CT molecular complexity index is 1050. The number of anilines is 2. The lowest BCUT2D eigenvalue weighted by Crippen LogP contribution is -2.41. The fourth-order valence-corrected chi connectivity index (χ4v) is 4.54. The van der Waals surface area contributed by atoms with E-state index < -0.39 is 10.0 Å². The number of fused-ring (bicyclic) bond motifs is 1. The van der Waals surface area contributed by atoms with Crippen molar-refractivity contribution < 1.29 is 13.2 Å². The van der Waals surface area contributed by atoms with E-state index in [1.807, 2.05) is 43.3 Å². The maximum atomic E-state index is 12.3. The van der Waals surface area contributed by atoms with Gasteiger partial charge in [-0.25, -0.2) is 13.4 Å². The molecule has 0 radical (unpaired) electrons. The molecule has 0 saturated carbocycles. The van der Waals surface area contributed by atoms with Crippen molar-refractivity contribution in [2.45, 2.75) is 6.92 Å². The lowest BCUT2D eigenvalue weighted by Gasteiger charge is -2.23. The predicted molar refractivity (Wildman–Crippen MR) is 114 cm³/mol. The van der Waals surface area contributed by atoms with Gasteiger partial charge in [0, 0.05) is 13.1 Å². The summed E-state index contributed by atoms with van der Waals surface area (Å²) in [6, 6.07) is 14.9. The van der Waals surface area contributed by atoms with Gasteiger partial charge in [0.15, 0.2) is 5.13 Å². The van der Waals surface area contributed by atoms with Crippen LogP contribution in [0.3, 0.4) is 0 Å². The minimum absolute atomic E-state index is 0.259. The van der Waals surface area contributed by atoms with Crippen molar-refractivity contribution in [3.05, 3.63) is 54.1 Å². The molecule has 1 amide bonds. The summed E-state index contributed by atoms with van der Waals surface area (Å²) in [5, 5.41) is 6.71. The first-order chi connectivity index (χ1) is 13.3. The summed E-state index contributed by atoms with van der Waals surface area (Å²) in [6.45, 7) is 2.41. The van der Waals surface area contributed by atoms with Gasteiger partial charge in [0.25, 0.3) is 0 Å². The van der Waals surface area contributed by atoms with Gasteiger partial charge in [-0.05, 0) is 30.7 Å². The number of carbonyl (C=O) groups is 1. The van der Waals surface area contributed by atoms with Crippen LogP contribution in [0.2, 0.25) is 0 Å². The van der Waals surface area contributed by atoms with E-state index >= 15 is 0 Å². The third-order valence-electron chi connectivity index (χ3n) is 4.09. The summed E-state index contributed by atoms with van der Waals surface area (Å²) in [5.41, 5.74) is 2.23. The number of para-hydroxylation sites is 2. The molecule has 28 heavy (non-hydrogen) atoms. The quantitative estimate of drug-likeness (QED) is 0.549. The van der Waals surface area contributed by atoms with E-state index in [2.05, 4.69) is 15.6 Å². The van der Waals surface area contributed by atoms with Crippen LogP contribution in [0.15, 0.2) is 48.5 Å². The first kappa shape index (κ1) is 20.1. The summed E-state index contributed by atoms with van der Waals surface area (Å²) < 4.78 is 26.5. The molecule has 0 aliphatic rings. The number of aromatic nitrogens is 1. The molecular formula is C19H22N4O3S2. The van der Waals surface area contributed by atoms with Crippen molar-refractivity contribution in [3.63, 3.8) is 0 Å². The average molecular weight is 419 g/mol. The van der Waals surface area contributed by atoms with Crippen LogP contribution < -0.4 is 14.9 Å². The highest BCUT2D eigenvalue weighted by molar-refractivity contribution is 7.92. The van der Waals surface area contributed by atoms with Crippen LogP contribution in [0, 0.1) is 6.92 Å². The maximum absolute atomic E-state index is 12.3. The molecule has 0 bridgehead atoms. The topological polar surface area (TPSA) is 91.4 Å². The number of aryl methyl sites for hydroxylation is 1. The number of nitrogens with one attached hydrogen (secondary N) is 2. The Hall–Kier alpha value is -2.65. The van der Waals surface area contributed by atoms with Crippen LogP contribution in [-0.4, -0.2) is 45.2 Å². The van der Waals surface area contributed by atoms with Gasteiger partial charge in [0.2, 0.25) is 15.9 Å². The molecule has 0 aliphatic carbocycles. The number of thiazole rings is 1. The van der Waals surface area contributed by atoms with Crippen molar-refractivity contribution in [2.24, 2.45) is 0 Å². The fraction of sp³-hybridized carbons (Fsp3) is 0.263. The molecule has 1 heterocycles. The summed E-state index contributed by atoms with van der Waals surface area (Å²) >= 11 is 1.55. The second kappa shape index (κ2) is 8.57. The van der Waals surface area contributed by atoms with E-state index in [0.717, 1.165) is 31.5 Å². The molecule has 0 saturated heterocycles. The van der Waals surface area contributed by atoms with E-state index in [4.69, 9.17) is 0 Å². The summed E-state index contributed by atoms with van der Waals surface area (Å²) in [6.07, 6.45) is 1.10. The number of benzene rings is 2. The van der Waals surface area contributed by atoms with Crippen LogP contribution in [0.5, 0.6) is 0 Å². The molecule has 0 aliphatic heterocycles. The Morgan fingerprint density at radius 3 is 2.54 bits per heavy atom. The van der Waals surface area contributed by atoms with Gasteiger partial charge in [-0.15, -0.1) is 0 Å². The standard InChI is InChI=1S/C19H22N4O3S2/c1-14-7-3-5-9-16(14)23(28(2,25)26)13-18(24)20-11-12-21-19-22-15-8-4-6-10-17(15)27-19/h3-10H,11-13H2,1-2H3,(H,20,24)(H,21,22). The van der Waals surface area contributed by atoms with Crippen molar-refractivity contribution in [3.8, 4) is 0 Å². The molecule has 0 fully saturated rings. The molecule has 0 atom stereocenters. The normalized spacial score (nSPS) is 11.4. The van der Waals surface area contributed by atoms with Gasteiger partial charge in [0.05, 0.1) is 22.2 Å². The van der Waals surface area contributed by atoms with E-state index in [-0.39, 0.29) is 12.5 Å². The zero-order chi connectivity index (χ0) is 20.1. The summed E-state index contributed by atoms with van der Waals surface area (Å²) in [5.74, 6) is -0.361. The van der Waals surface area contributed by atoms with Gasteiger partial charge in [0.1, 0.15) is 6.54 Å². The van der Waals surface area contributed by atoms with Crippen molar-refractivity contribution in [2.75, 3.05) is 35.5 Å². The van der Waals surface area contributed by atoms with Crippen LogP contribution in [0.4, 0.5) is 10.8 Å². The van der Waals surface area contributed by atoms with Crippen molar-refractivity contribution in [1.29, 1.82) is 0 Å². The number of hydrogen-bond acceptors (Lipinski definition) is 6. The van der Waals surface area contributed by atoms with Crippen LogP contribution in [0.25, 0.3) is 10.2 Å². The molecule has 2 aromatic carbocycles. The second-order valence-corrected chi connectivity index (χ2v) is 9.26. The molecule has 3 rings (SSSR count). The number of sulfonamides is 1. The first-order valence-corrected chi connectivity index (χ1v) is 11.4. The Labute approximate surface area is 168 Å². The Morgan fingerprint density at radius 2 is 1.82 bits per heavy atom. The Balaban J connectivity index is 1.54. The lowest BCUT2D eigenvalue weighted by atomic mass is 10.2. The van der Waals surface area contributed by atoms with Crippen LogP contribution in [0.1, 0.15) is 5.56 Å². The van der Waals surface area contributed by atoms with Crippen LogP contribution in [-0.2, 0) is 14.8 Å². The highest BCUT2D eigenvalue weighted by Crippen LogP contribution is 2.25. The van der Waals surface area contributed by atoms with Crippen molar-refractivity contribution in [1.82, 2.24) is 10.3 Å². The second-order valence-electron chi connectivity index (χ2n) is 6.32. The van der Waals surface area contributed by atoms with Gasteiger partial charge < -0.3 is 10.6 Å². The number of hydrogen-bond donors (Lipinski definition) is 2. The molecule has 3 aromatic rings. The molecule has 0 spiro atoms. The number of nitrogens with zero attached hydrogens (tertiary/aromatic N) is 2. The summed E-state index contributed by atoms with van der Waals surface area (Å²) in [4.78, 5) is 16.7. The van der Waals surface area contributed by atoms with Gasteiger partial charge in [-0.2, -0.15) is 0 Å². The fourth-order valence-electron chi connectivity index (χ4n) is 2.73. The van der Waals surface area contributed by atoms with E-state index in [9.17, 15) is 13.2 Å². The van der Waals surface area contributed by atoms with E-state index in [1.54, 1.807) is 23.5 Å². The molecule has 2 N–H and O–H groups in total. The minimum atomic E-state index is -3.58. The Kier molecular flexibility index (Phi) is 6.15. The van der Waals surface area contributed by atoms with Crippen LogP contribution >= 0.6 is 11.3 Å². The number of rotatable bonds is 8. The largest absolute Gasteiger partial charge is 0.360 e. The van der Waals surface area contributed by atoms with Crippen molar-refractivity contribution >= 4 is 48.3 Å². The molecule has 1 aromatic heterocycles. The van der Waals surface area contributed by atoms with Gasteiger partial charge >= 0.3 is 0 Å². The van der Waals surface area contributed by atoms with E-state index in [1.165, 1.54) is 0 Å². The molecule has 7 nitrogen and oxygen atoms in total.